The molecule has 5 heteroatoms. The molecule has 0 saturated heterocycles. The van der Waals surface area contributed by atoms with Crippen molar-refractivity contribution in [3.63, 3.8) is 0 Å². The number of para-hydroxylation sites is 2. The molecule has 0 aliphatic heterocycles. The second-order valence-corrected chi connectivity index (χ2v) is 5.57. The van der Waals surface area contributed by atoms with E-state index in [-0.39, 0.29) is 12.2 Å². The fraction of sp³-hybridized carbons (Fsp3) is 0.0667. The number of halogens is 2. The molecule has 0 spiro atoms. The summed E-state index contributed by atoms with van der Waals surface area (Å²) in [4.78, 5) is 16.5. The minimum absolute atomic E-state index is 0.0612. The Kier molecular flexibility index (Phi) is 3.59. The molecule has 0 radical (unpaired) electrons. The van der Waals surface area contributed by atoms with Gasteiger partial charge in [-0.2, -0.15) is 0 Å². The maximum absolute atomic E-state index is 12.2. The molecule has 0 aliphatic rings. The Morgan fingerprint density at radius 3 is 2.80 bits per heavy atom. The number of carbonyl (C=O) groups is 1. The second-order valence-electron chi connectivity index (χ2n) is 4.30. The lowest BCUT2D eigenvalue weighted by atomic mass is 10.1. The molecule has 0 N–H and O–H groups in total. The first-order valence-corrected chi connectivity index (χ1v) is 7.13. The summed E-state index contributed by atoms with van der Waals surface area (Å²) in [6, 6.07) is 12.5. The largest absolute Gasteiger partial charge is 0.440 e. The smallest absolute Gasteiger partial charge is 0.203 e. The SMILES string of the molecule is O=C(Cc1nc2ccccc2o1)c1ccc(Cl)c(Br)c1. The third-order valence-corrected chi connectivity index (χ3v) is 4.11. The van der Waals surface area contributed by atoms with Crippen LogP contribution in [0.15, 0.2) is 51.4 Å². The molecular weight excluding hydrogens is 342 g/mol. The van der Waals surface area contributed by atoms with Gasteiger partial charge in [0.15, 0.2) is 11.4 Å². The highest BCUT2D eigenvalue weighted by molar-refractivity contribution is 9.10. The number of aromatic nitrogens is 1. The van der Waals surface area contributed by atoms with Gasteiger partial charge in [0.05, 0.1) is 11.4 Å². The lowest BCUT2D eigenvalue weighted by Crippen LogP contribution is -2.03. The molecular formula is C15H9BrClNO2. The number of Topliss-reactive ketones (excluding diaryl/α,β-unsaturated/α-hetero) is 1. The molecule has 3 rings (SSSR count). The van der Waals surface area contributed by atoms with Crippen LogP contribution < -0.4 is 0 Å². The Labute approximate surface area is 128 Å². The Bertz CT molecular complexity index is 764. The molecule has 0 atom stereocenters. The molecule has 0 fully saturated rings. The number of fused-ring (bicyclic) bond motifs is 1. The number of ketones is 1. The minimum atomic E-state index is -0.0612. The third kappa shape index (κ3) is 2.62. The predicted octanol–water partition coefficient (Wildman–Crippen LogP) is 4.67. The molecule has 0 aliphatic carbocycles. The van der Waals surface area contributed by atoms with E-state index in [1.165, 1.54) is 0 Å². The molecule has 100 valence electrons. The number of hydrogen-bond acceptors (Lipinski definition) is 3. The predicted molar refractivity (Wildman–Crippen MR) is 81.2 cm³/mol. The molecule has 3 aromatic rings. The molecule has 0 amide bonds. The van der Waals surface area contributed by atoms with Gasteiger partial charge in [0.2, 0.25) is 5.89 Å². The van der Waals surface area contributed by atoms with Gasteiger partial charge in [0, 0.05) is 10.0 Å². The highest BCUT2D eigenvalue weighted by atomic mass is 79.9. The van der Waals surface area contributed by atoms with Crippen LogP contribution in [0.5, 0.6) is 0 Å². The van der Waals surface area contributed by atoms with Crippen molar-refractivity contribution in [3.8, 4) is 0 Å². The van der Waals surface area contributed by atoms with E-state index in [4.69, 9.17) is 16.0 Å². The third-order valence-electron chi connectivity index (χ3n) is 2.89. The van der Waals surface area contributed by atoms with Gasteiger partial charge in [-0.05, 0) is 46.3 Å². The van der Waals surface area contributed by atoms with E-state index in [2.05, 4.69) is 20.9 Å². The van der Waals surface area contributed by atoms with Gasteiger partial charge in [0.25, 0.3) is 0 Å². The lowest BCUT2D eigenvalue weighted by molar-refractivity contribution is 0.0986. The first-order chi connectivity index (χ1) is 9.63. The van der Waals surface area contributed by atoms with Crippen molar-refractivity contribution in [1.82, 2.24) is 4.98 Å². The standard InChI is InChI=1S/C15H9BrClNO2/c16-10-7-9(5-6-11(10)17)13(19)8-15-18-12-3-1-2-4-14(12)20-15/h1-7H,8H2. The van der Waals surface area contributed by atoms with Crippen LogP contribution in [0.2, 0.25) is 5.02 Å². The quantitative estimate of drug-likeness (QED) is 0.645. The zero-order chi connectivity index (χ0) is 14.1. The molecule has 0 saturated carbocycles. The van der Waals surface area contributed by atoms with E-state index in [9.17, 15) is 4.79 Å². The molecule has 1 heterocycles. The first-order valence-electron chi connectivity index (χ1n) is 5.96. The van der Waals surface area contributed by atoms with Gasteiger partial charge in [-0.25, -0.2) is 4.98 Å². The zero-order valence-electron chi connectivity index (χ0n) is 10.3. The van der Waals surface area contributed by atoms with Gasteiger partial charge in [-0.15, -0.1) is 0 Å². The van der Waals surface area contributed by atoms with Crippen LogP contribution >= 0.6 is 27.5 Å². The van der Waals surface area contributed by atoms with Crippen molar-refractivity contribution in [2.24, 2.45) is 0 Å². The Balaban J connectivity index is 1.86. The van der Waals surface area contributed by atoms with Crippen LogP contribution in [-0.4, -0.2) is 10.8 Å². The van der Waals surface area contributed by atoms with Crippen molar-refractivity contribution in [2.75, 3.05) is 0 Å². The van der Waals surface area contributed by atoms with Crippen LogP contribution in [-0.2, 0) is 6.42 Å². The Hall–Kier alpha value is -1.65. The topological polar surface area (TPSA) is 43.1 Å². The molecule has 20 heavy (non-hydrogen) atoms. The lowest BCUT2D eigenvalue weighted by Gasteiger charge is -2.00. The monoisotopic (exact) mass is 349 g/mol. The minimum Gasteiger partial charge on any atom is -0.440 e. The maximum atomic E-state index is 12.2. The average Bonchev–Trinajstić information content (AvgIpc) is 2.83. The number of carbonyl (C=O) groups excluding carboxylic acids is 1. The molecule has 0 unspecified atom stereocenters. The summed E-state index contributed by atoms with van der Waals surface area (Å²) in [6.45, 7) is 0. The average molecular weight is 351 g/mol. The molecule has 2 aromatic carbocycles. The summed E-state index contributed by atoms with van der Waals surface area (Å²) in [5, 5.41) is 0.573. The van der Waals surface area contributed by atoms with Gasteiger partial charge in [0.1, 0.15) is 5.52 Å². The van der Waals surface area contributed by atoms with E-state index in [1.54, 1.807) is 18.2 Å². The van der Waals surface area contributed by atoms with E-state index < -0.39 is 0 Å². The van der Waals surface area contributed by atoms with E-state index in [0.717, 1.165) is 5.52 Å². The van der Waals surface area contributed by atoms with Crippen LogP contribution in [0.3, 0.4) is 0 Å². The number of rotatable bonds is 3. The van der Waals surface area contributed by atoms with Crippen molar-refractivity contribution < 1.29 is 9.21 Å². The van der Waals surface area contributed by atoms with Crippen molar-refractivity contribution in [1.29, 1.82) is 0 Å². The molecule has 3 nitrogen and oxygen atoms in total. The highest BCUT2D eigenvalue weighted by Crippen LogP contribution is 2.24. The summed E-state index contributed by atoms with van der Waals surface area (Å²) >= 11 is 9.21. The summed E-state index contributed by atoms with van der Waals surface area (Å²) in [6.07, 6.45) is 0.128. The molecule has 1 aromatic heterocycles. The van der Waals surface area contributed by atoms with Crippen LogP contribution in [0.25, 0.3) is 11.1 Å². The summed E-state index contributed by atoms with van der Waals surface area (Å²) in [5.41, 5.74) is 2.02. The summed E-state index contributed by atoms with van der Waals surface area (Å²) < 4.78 is 6.24. The number of benzene rings is 2. The van der Waals surface area contributed by atoms with E-state index in [0.29, 0.717) is 26.5 Å². The zero-order valence-corrected chi connectivity index (χ0v) is 12.6. The fourth-order valence-electron chi connectivity index (χ4n) is 1.90. The number of oxazole rings is 1. The summed E-state index contributed by atoms with van der Waals surface area (Å²) in [7, 11) is 0. The number of nitrogens with zero attached hydrogens (tertiary/aromatic N) is 1. The normalized spacial score (nSPS) is 10.9. The molecule has 0 bridgehead atoms. The number of hydrogen-bond donors (Lipinski definition) is 0. The van der Waals surface area contributed by atoms with Gasteiger partial charge < -0.3 is 4.42 Å². The van der Waals surface area contributed by atoms with Crippen LogP contribution in [0.1, 0.15) is 16.2 Å². The Morgan fingerprint density at radius 1 is 1.25 bits per heavy atom. The van der Waals surface area contributed by atoms with Gasteiger partial charge in [-0.1, -0.05) is 23.7 Å². The van der Waals surface area contributed by atoms with Crippen molar-refractivity contribution >= 4 is 44.4 Å². The van der Waals surface area contributed by atoms with Crippen LogP contribution in [0.4, 0.5) is 0 Å². The first kappa shape index (κ1) is 13.3. The van der Waals surface area contributed by atoms with E-state index in [1.807, 2.05) is 24.3 Å². The van der Waals surface area contributed by atoms with Crippen LogP contribution in [0, 0.1) is 0 Å². The fourth-order valence-corrected chi connectivity index (χ4v) is 2.40. The highest BCUT2D eigenvalue weighted by Gasteiger charge is 2.13. The second kappa shape index (κ2) is 5.38. The van der Waals surface area contributed by atoms with E-state index >= 15 is 0 Å². The van der Waals surface area contributed by atoms with Gasteiger partial charge >= 0.3 is 0 Å². The van der Waals surface area contributed by atoms with Crippen molar-refractivity contribution in [2.45, 2.75) is 6.42 Å². The van der Waals surface area contributed by atoms with Gasteiger partial charge in [-0.3, -0.25) is 4.79 Å². The maximum Gasteiger partial charge on any atom is 0.203 e. The Morgan fingerprint density at radius 2 is 2.05 bits per heavy atom. The summed E-state index contributed by atoms with van der Waals surface area (Å²) in [5.74, 6) is 0.358. The van der Waals surface area contributed by atoms with Crippen molar-refractivity contribution in [3.05, 3.63) is 63.4 Å².